The lowest BCUT2D eigenvalue weighted by atomic mass is 10.0. The van der Waals surface area contributed by atoms with E-state index in [0.717, 1.165) is 5.56 Å². The number of rotatable bonds is 5. The van der Waals surface area contributed by atoms with Crippen LogP contribution in [0.15, 0.2) is 39.5 Å². The van der Waals surface area contributed by atoms with Crippen LogP contribution in [-0.4, -0.2) is 31.4 Å². The first-order valence-electron chi connectivity index (χ1n) is 7.92. The Hall–Kier alpha value is -2.40. The van der Waals surface area contributed by atoms with Crippen molar-refractivity contribution in [2.24, 2.45) is 0 Å². The van der Waals surface area contributed by atoms with E-state index in [-0.39, 0.29) is 11.6 Å². The Kier molecular flexibility index (Phi) is 5.57. The fourth-order valence-corrected chi connectivity index (χ4v) is 2.70. The number of carbonyl (C=O) groups is 1. The van der Waals surface area contributed by atoms with Gasteiger partial charge in [-0.1, -0.05) is 29.8 Å². The Morgan fingerprint density at radius 1 is 1.17 bits per heavy atom. The first-order valence-corrected chi connectivity index (χ1v) is 7.92. The lowest BCUT2D eigenvalue weighted by Crippen LogP contribution is -2.36. The molecular formula is C19H24N2O3. The van der Waals surface area contributed by atoms with Crippen molar-refractivity contribution < 1.29 is 9.21 Å². The zero-order valence-corrected chi connectivity index (χ0v) is 14.8. The van der Waals surface area contributed by atoms with E-state index < -0.39 is 11.5 Å². The third kappa shape index (κ3) is 4.11. The smallest absolute Gasteiger partial charge is 0.349 e. The molecule has 0 bridgehead atoms. The van der Waals surface area contributed by atoms with Crippen molar-refractivity contribution in [3.8, 4) is 0 Å². The Bertz CT molecular complexity index is 776. The number of carbonyl (C=O) groups excluding carboxylic acids is 1. The summed E-state index contributed by atoms with van der Waals surface area (Å²) in [4.78, 5) is 26.4. The molecule has 0 spiro atoms. The molecule has 5 heteroatoms. The minimum absolute atomic E-state index is 0.0207. The highest BCUT2D eigenvalue weighted by molar-refractivity contribution is 5.95. The molecule has 0 saturated heterocycles. The predicted molar refractivity (Wildman–Crippen MR) is 94.4 cm³/mol. The van der Waals surface area contributed by atoms with Gasteiger partial charge in [0.1, 0.15) is 11.3 Å². The number of nitrogens with one attached hydrogen (secondary N) is 1. The Balaban J connectivity index is 2.17. The first kappa shape index (κ1) is 17.9. The van der Waals surface area contributed by atoms with E-state index in [1.807, 2.05) is 38.1 Å². The van der Waals surface area contributed by atoms with Crippen LogP contribution in [0.5, 0.6) is 0 Å². The summed E-state index contributed by atoms with van der Waals surface area (Å²) in [5, 5.41) is 2.85. The van der Waals surface area contributed by atoms with Gasteiger partial charge >= 0.3 is 5.63 Å². The number of nitrogens with zero attached hydrogens (tertiary/aromatic N) is 1. The van der Waals surface area contributed by atoms with E-state index in [4.69, 9.17) is 4.42 Å². The minimum atomic E-state index is -0.596. The van der Waals surface area contributed by atoms with Crippen LogP contribution in [0.25, 0.3) is 0 Å². The maximum absolute atomic E-state index is 12.4. The van der Waals surface area contributed by atoms with Crippen LogP contribution in [0, 0.1) is 20.8 Å². The average Bonchev–Trinajstić information content (AvgIpc) is 2.47. The van der Waals surface area contributed by atoms with Gasteiger partial charge in [-0.25, -0.2) is 4.79 Å². The van der Waals surface area contributed by atoms with Crippen molar-refractivity contribution in [2.75, 3.05) is 20.6 Å². The summed E-state index contributed by atoms with van der Waals surface area (Å²) >= 11 is 0. The summed E-state index contributed by atoms with van der Waals surface area (Å²) in [6.45, 7) is 5.87. The van der Waals surface area contributed by atoms with E-state index in [0.29, 0.717) is 17.9 Å². The number of amides is 1. The molecule has 5 nitrogen and oxygen atoms in total. The number of hydrogen-bond acceptors (Lipinski definition) is 4. The summed E-state index contributed by atoms with van der Waals surface area (Å²) in [5.41, 5.74) is 2.40. The first-order chi connectivity index (χ1) is 11.3. The lowest BCUT2D eigenvalue weighted by molar-refractivity contribution is 0.0937. The van der Waals surface area contributed by atoms with E-state index in [1.165, 1.54) is 5.56 Å². The summed E-state index contributed by atoms with van der Waals surface area (Å²) in [7, 11) is 3.92. The molecule has 0 aliphatic heterocycles. The summed E-state index contributed by atoms with van der Waals surface area (Å²) in [6.07, 6.45) is 0. The monoisotopic (exact) mass is 328 g/mol. The van der Waals surface area contributed by atoms with Gasteiger partial charge in [-0.2, -0.15) is 0 Å². The van der Waals surface area contributed by atoms with Gasteiger partial charge < -0.3 is 14.6 Å². The van der Waals surface area contributed by atoms with Crippen LogP contribution in [0.3, 0.4) is 0 Å². The van der Waals surface area contributed by atoms with Crippen molar-refractivity contribution in [1.29, 1.82) is 0 Å². The fraction of sp³-hybridized carbons (Fsp3) is 0.368. The number of hydrogen-bond donors (Lipinski definition) is 1. The molecule has 0 fully saturated rings. The summed E-state index contributed by atoms with van der Waals surface area (Å²) < 4.78 is 5.04. The molecular weight excluding hydrogens is 304 g/mol. The van der Waals surface area contributed by atoms with Gasteiger partial charge in [-0.05, 0) is 52.1 Å². The molecule has 2 aromatic rings. The van der Waals surface area contributed by atoms with Crippen molar-refractivity contribution in [1.82, 2.24) is 10.2 Å². The molecule has 1 atom stereocenters. The van der Waals surface area contributed by atoms with Gasteiger partial charge in [0.15, 0.2) is 0 Å². The van der Waals surface area contributed by atoms with Gasteiger partial charge in [0.05, 0.1) is 6.04 Å². The third-order valence-corrected chi connectivity index (χ3v) is 4.04. The normalized spacial score (nSPS) is 12.2. The van der Waals surface area contributed by atoms with E-state index in [2.05, 4.69) is 17.4 Å². The highest BCUT2D eigenvalue weighted by Crippen LogP contribution is 2.18. The molecule has 1 N–H and O–H groups in total. The second-order valence-corrected chi connectivity index (χ2v) is 6.30. The Morgan fingerprint density at radius 3 is 2.33 bits per heavy atom. The molecule has 1 unspecified atom stereocenters. The Labute approximate surface area is 142 Å². The molecule has 1 aromatic heterocycles. The molecule has 24 heavy (non-hydrogen) atoms. The van der Waals surface area contributed by atoms with Crippen LogP contribution < -0.4 is 10.9 Å². The molecule has 0 aliphatic rings. The van der Waals surface area contributed by atoms with Crippen molar-refractivity contribution in [3.05, 3.63) is 68.8 Å². The molecule has 1 amide bonds. The second kappa shape index (κ2) is 7.45. The van der Waals surface area contributed by atoms with Gasteiger partial charge in [0.25, 0.3) is 5.91 Å². The number of benzene rings is 1. The van der Waals surface area contributed by atoms with Gasteiger partial charge in [-0.15, -0.1) is 0 Å². The van der Waals surface area contributed by atoms with Crippen LogP contribution in [-0.2, 0) is 0 Å². The zero-order chi connectivity index (χ0) is 17.9. The largest absolute Gasteiger partial charge is 0.428 e. The minimum Gasteiger partial charge on any atom is -0.428 e. The second-order valence-electron chi connectivity index (χ2n) is 6.30. The van der Waals surface area contributed by atoms with Gasteiger partial charge in [0.2, 0.25) is 0 Å². The third-order valence-electron chi connectivity index (χ3n) is 4.04. The molecule has 0 radical (unpaired) electrons. The van der Waals surface area contributed by atoms with Crippen molar-refractivity contribution >= 4 is 5.91 Å². The predicted octanol–water partition coefficient (Wildman–Crippen LogP) is 2.60. The number of aryl methyl sites for hydroxylation is 3. The fourth-order valence-electron chi connectivity index (χ4n) is 2.70. The SMILES string of the molecule is Cc1ccc(C(CNC(=O)c2c(C)cc(C)oc2=O)N(C)C)cc1. The quantitative estimate of drug-likeness (QED) is 0.916. The maximum atomic E-state index is 12.4. The average molecular weight is 328 g/mol. The summed E-state index contributed by atoms with van der Waals surface area (Å²) in [5.74, 6) is 0.0973. The molecule has 0 saturated carbocycles. The van der Waals surface area contributed by atoms with E-state index in [1.54, 1.807) is 19.9 Å². The topological polar surface area (TPSA) is 62.6 Å². The highest BCUT2D eigenvalue weighted by Gasteiger charge is 2.19. The number of likely N-dealkylation sites (N-methyl/N-ethyl adjacent to an activating group) is 1. The zero-order valence-electron chi connectivity index (χ0n) is 14.8. The standard InChI is InChI=1S/C19H24N2O3/c1-12-6-8-15(9-7-12)16(21(4)5)11-20-18(22)17-13(2)10-14(3)24-19(17)23/h6-10,16H,11H2,1-5H3,(H,20,22). The van der Waals surface area contributed by atoms with Crippen LogP contribution in [0.1, 0.15) is 38.9 Å². The Morgan fingerprint density at radius 2 is 1.79 bits per heavy atom. The maximum Gasteiger partial charge on any atom is 0.349 e. The highest BCUT2D eigenvalue weighted by atomic mass is 16.4. The van der Waals surface area contributed by atoms with Gasteiger partial charge in [-0.3, -0.25) is 4.79 Å². The van der Waals surface area contributed by atoms with Crippen LogP contribution in [0.4, 0.5) is 0 Å². The van der Waals surface area contributed by atoms with Crippen molar-refractivity contribution in [3.63, 3.8) is 0 Å². The van der Waals surface area contributed by atoms with Crippen molar-refractivity contribution in [2.45, 2.75) is 26.8 Å². The van der Waals surface area contributed by atoms with Crippen LogP contribution in [0.2, 0.25) is 0 Å². The van der Waals surface area contributed by atoms with Gasteiger partial charge in [0, 0.05) is 6.54 Å². The molecule has 1 aromatic carbocycles. The molecule has 0 aliphatic carbocycles. The summed E-state index contributed by atoms with van der Waals surface area (Å²) in [6, 6.07) is 9.92. The van der Waals surface area contributed by atoms with Crippen LogP contribution >= 0.6 is 0 Å². The lowest BCUT2D eigenvalue weighted by Gasteiger charge is -2.25. The van der Waals surface area contributed by atoms with E-state index in [9.17, 15) is 9.59 Å². The molecule has 128 valence electrons. The molecule has 1 heterocycles. The molecule has 2 rings (SSSR count). The van der Waals surface area contributed by atoms with E-state index >= 15 is 0 Å².